The molecule has 1 heterocycles. The Morgan fingerprint density at radius 3 is 1.67 bits per heavy atom. The molecule has 4 heteroatoms. The van der Waals surface area contributed by atoms with Crippen molar-refractivity contribution in [3.05, 3.63) is 0 Å². The van der Waals surface area contributed by atoms with E-state index in [1.165, 1.54) is 6.42 Å². The third kappa shape index (κ3) is 1.13. The summed E-state index contributed by atoms with van der Waals surface area (Å²) in [6.45, 7) is 0. The predicted molar refractivity (Wildman–Crippen MR) is 49.2 cm³/mol. The molecule has 1 saturated heterocycles. The molecule has 2 bridgehead atoms. The van der Waals surface area contributed by atoms with E-state index in [2.05, 4.69) is 25.3 Å². The quantitative estimate of drug-likeness (QED) is 0.481. The van der Waals surface area contributed by atoms with Crippen molar-refractivity contribution in [3.8, 4) is 0 Å². The Hall–Kier alpha value is 1.74. The van der Waals surface area contributed by atoms with Crippen LogP contribution in [0.25, 0.3) is 0 Å². The molecule has 0 N–H and O–H groups in total. The topological polar surface area (TPSA) is 0 Å². The molecule has 0 spiro atoms. The molecule has 4 unspecified atom stereocenters. The van der Waals surface area contributed by atoms with Crippen LogP contribution in [0.15, 0.2) is 0 Å². The molecule has 4 atom stereocenters. The van der Waals surface area contributed by atoms with Gasteiger partial charge in [-0.2, -0.15) is 0 Å². The average Bonchev–Trinajstić information content (AvgIpc) is 2.37. The average molecular weight is 290 g/mol. The van der Waals surface area contributed by atoms with E-state index < -0.39 is 0 Å². The third-order valence-corrected chi connectivity index (χ3v) is 14.3. The van der Waals surface area contributed by atoms with Gasteiger partial charge in [-0.3, -0.25) is 0 Å². The van der Waals surface area contributed by atoms with Gasteiger partial charge in [0, 0.05) is 0 Å². The predicted octanol–water partition coefficient (Wildman–Crippen LogP) is 0.901. The van der Waals surface area contributed by atoms with Crippen molar-refractivity contribution in [1.82, 2.24) is 0 Å². The van der Waals surface area contributed by atoms with Gasteiger partial charge >= 0.3 is 78.1 Å². The minimum atomic E-state index is 0.647. The summed E-state index contributed by atoms with van der Waals surface area (Å²) in [6.07, 6.45) is 1.46. The molecule has 9 heavy (non-hydrogen) atoms. The molecule has 2 aliphatic rings. The Labute approximate surface area is 77.6 Å². The molecule has 52 valence electrons. The van der Waals surface area contributed by atoms with Crippen molar-refractivity contribution in [3.63, 3.8) is 0 Å². The number of hydrogen-bond acceptors (Lipinski definition) is 2. The van der Waals surface area contributed by atoms with E-state index in [4.69, 9.17) is 0 Å². The standard InChI is InChI=1S/C5H8S2Se2/c6-4-2-1-3(5(4)7)9-8-2/h2-7H,1H2. The van der Waals surface area contributed by atoms with Crippen LogP contribution in [-0.4, -0.2) is 36.8 Å². The minimum absolute atomic E-state index is 0.647. The molecule has 2 fully saturated rings. The van der Waals surface area contributed by atoms with Crippen molar-refractivity contribution in [2.24, 2.45) is 0 Å². The first-order valence-corrected chi connectivity index (χ1v) is 10.3. The normalized spacial score (nSPS) is 56.7. The molecule has 0 radical (unpaired) electrons. The summed E-state index contributed by atoms with van der Waals surface area (Å²) in [7, 11) is 0. The van der Waals surface area contributed by atoms with Crippen molar-refractivity contribution in [1.29, 1.82) is 0 Å². The first kappa shape index (κ1) is 7.39. The van der Waals surface area contributed by atoms with Crippen LogP contribution in [-0.2, 0) is 0 Å². The molecule has 0 aromatic rings. The molecule has 0 aromatic carbocycles. The van der Waals surface area contributed by atoms with Crippen LogP contribution in [0.1, 0.15) is 6.42 Å². The molecule has 0 aromatic heterocycles. The van der Waals surface area contributed by atoms with Crippen molar-refractivity contribution in [2.45, 2.75) is 26.6 Å². The third-order valence-electron chi connectivity index (χ3n) is 1.88. The summed E-state index contributed by atoms with van der Waals surface area (Å²) < 4.78 is 0. The van der Waals surface area contributed by atoms with Gasteiger partial charge in [-0.15, -0.1) is 0 Å². The van der Waals surface area contributed by atoms with Crippen LogP contribution in [0.5, 0.6) is 0 Å². The molecular weight excluding hydrogens is 282 g/mol. The van der Waals surface area contributed by atoms with Gasteiger partial charge in [-0.25, -0.2) is 0 Å². The Bertz CT molecular complexity index is 112. The second-order valence-corrected chi connectivity index (χ2v) is 11.2. The number of hydrogen-bond donors (Lipinski definition) is 2. The molecule has 1 aliphatic heterocycles. The molecule has 0 nitrogen and oxygen atoms in total. The van der Waals surface area contributed by atoms with Gasteiger partial charge in [0.25, 0.3) is 0 Å². The zero-order valence-corrected chi connectivity index (χ0v) is 9.94. The van der Waals surface area contributed by atoms with Gasteiger partial charge in [0.2, 0.25) is 0 Å². The van der Waals surface area contributed by atoms with Crippen LogP contribution < -0.4 is 0 Å². The maximum atomic E-state index is 4.54. The monoisotopic (exact) mass is 292 g/mol. The van der Waals surface area contributed by atoms with Crippen LogP contribution in [0.3, 0.4) is 0 Å². The Morgan fingerprint density at radius 2 is 1.44 bits per heavy atom. The Balaban J connectivity index is 2.15. The van der Waals surface area contributed by atoms with Gasteiger partial charge in [0.1, 0.15) is 0 Å². The van der Waals surface area contributed by atoms with E-state index in [1.807, 2.05) is 0 Å². The van der Waals surface area contributed by atoms with Crippen LogP contribution in [0.4, 0.5) is 0 Å². The van der Waals surface area contributed by atoms with Crippen LogP contribution >= 0.6 is 25.3 Å². The fourth-order valence-electron chi connectivity index (χ4n) is 1.28. The van der Waals surface area contributed by atoms with Crippen molar-refractivity contribution < 1.29 is 0 Å². The summed E-state index contributed by atoms with van der Waals surface area (Å²) in [5.74, 6) is 0. The fraction of sp³-hybridized carbons (Fsp3) is 1.00. The zero-order chi connectivity index (χ0) is 6.43. The molecular formula is C5H8S2Se2. The Morgan fingerprint density at radius 1 is 1.00 bits per heavy atom. The van der Waals surface area contributed by atoms with Gasteiger partial charge in [-0.1, -0.05) is 0 Å². The number of rotatable bonds is 0. The van der Waals surface area contributed by atoms with Crippen molar-refractivity contribution >= 4 is 51.5 Å². The molecule has 0 amide bonds. The van der Waals surface area contributed by atoms with E-state index in [1.54, 1.807) is 0 Å². The zero-order valence-electron chi connectivity index (χ0n) is 4.73. The molecule has 1 aliphatic carbocycles. The first-order valence-electron chi connectivity index (χ1n) is 2.97. The van der Waals surface area contributed by atoms with Gasteiger partial charge in [0.05, 0.1) is 0 Å². The maximum absolute atomic E-state index is 4.54. The second-order valence-electron chi connectivity index (χ2n) is 2.49. The van der Waals surface area contributed by atoms with Gasteiger partial charge in [0.15, 0.2) is 0 Å². The molecule has 2 rings (SSSR count). The second kappa shape index (κ2) is 2.65. The fourth-order valence-corrected chi connectivity index (χ4v) is 16.1. The van der Waals surface area contributed by atoms with Crippen LogP contribution in [0.2, 0.25) is 9.63 Å². The summed E-state index contributed by atoms with van der Waals surface area (Å²) >= 11 is 11.0. The Kier molecular flexibility index (Phi) is 2.18. The van der Waals surface area contributed by atoms with E-state index in [0.29, 0.717) is 10.5 Å². The summed E-state index contributed by atoms with van der Waals surface area (Å²) in [4.78, 5) is 1.99. The molecule has 1 saturated carbocycles. The van der Waals surface area contributed by atoms with Gasteiger partial charge < -0.3 is 0 Å². The summed E-state index contributed by atoms with van der Waals surface area (Å²) in [6, 6.07) is 0. The van der Waals surface area contributed by atoms with Gasteiger partial charge in [-0.05, 0) is 0 Å². The SMILES string of the molecule is SC1C2CC([Se][Se]2)C1S. The van der Waals surface area contributed by atoms with Crippen molar-refractivity contribution in [2.75, 3.05) is 0 Å². The van der Waals surface area contributed by atoms with E-state index in [-0.39, 0.29) is 0 Å². The number of fused-ring (bicyclic) bond motifs is 2. The first-order chi connectivity index (χ1) is 4.29. The van der Waals surface area contributed by atoms with E-state index >= 15 is 0 Å². The summed E-state index contributed by atoms with van der Waals surface area (Å²) in [5.41, 5.74) is 0. The van der Waals surface area contributed by atoms with E-state index in [9.17, 15) is 0 Å². The van der Waals surface area contributed by atoms with E-state index in [0.717, 1.165) is 35.9 Å². The summed E-state index contributed by atoms with van der Waals surface area (Å²) in [5, 5.41) is 1.29. The van der Waals surface area contributed by atoms with Crippen LogP contribution in [0, 0.1) is 0 Å². The number of thiol groups is 2.